The molecular weight excluding hydrogens is 461 g/mol. The van der Waals surface area contributed by atoms with Gasteiger partial charge in [-0.2, -0.15) is 65.9 Å². The van der Waals surface area contributed by atoms with Crippen molar-refractivity contribution in [2.45, 2.75) is 54.5 Å². The van der Waals surface area contributed by atoms with Crippen molar-refractivity contribution in [2.24, 2.45) is 0 Å². The molecule has 0 aliphatic rings. The van der Waals surface area contributed by atoms with Crippen LogP contribution in [0.5, 0.6) is 0 Å². The molecule has 0 aromatic heterocycles. The van der Waals surface area contributed by atoms with E-state index in [2.05, 4.69) is 0 Å². The first-order valence-electron chi connectivity index (χ1n) is 6.11. The molecular formula is C9H3BF18. The quantitative estimate of drug-likeness (QED) is 0.350. The molecule has 0 fully saturated rings. The molecule has 3 atom stereocenters. The van der Waals surface area contributed by atoms with Crippen molar-refractivity contribution in [1.29, 1.82) is 0 Å². The van der Waals surface area contributed by atoms with Crippen molar-refractivity contribution in [3.8, 4) is 0 Å². The summed E-state index contributed by atoms with van der Waals surface area (Å²) in [6, 6.07) is 0. The van der Waals surface area contributed by atoms with Gasteiger partial charge in [-0.05, 0) is 0 Å². The molecule has 0 nitrogen and oxygen atoms in total. The first kappa shape index (κ1) is 26.8. The number of rotatable bonds is 6. The molecule has 0 amide bonds. The number of hydrogen-bond acceptors (Lipinski definition) is 0. The molecule has 0 bridgehead atoms. The monoisotopic (exact) mass is 464 g/mol. The lowest BCUT2D eigenvalue weighted by molar-refractivity contribution is -0.307. The predicted molar refractivity (Wildman–Crippen MR) is 53.4 cm³/mol. The number of hydrogen-bond donors (Lipinski definition) is 0. The van der Waals surface area contributed by atoms with E-state index in [0.29, 0.717) is 0 Å². The van der Waals surface area contributed by atoms with Gasteiger partial charge < -0.3 is 0 Å². The van der Waals surface area contributed by atoms with E-state index >= 15 is 0 Å². The van der Waals surface area contributed by atoms with Gasteiger partial charge in [-0.25, -0.2) is 13.2 Å². The van der Waals surface area contributed by atoms with E-state index in [1.54, 1.807) is 0 Å². The average Bonchev–Trinajstić information content (AvgIpc) is 2.43. The van der Waals surface area contributed by atoms with Gasteiger partial charge in [0.25, 0.3) is 6.71 Å². The van der Waals surface area contributed by atoms with Crippen LogP contribution < -0.4 is 0 Å². The Bertz CT molecular complexity index is 451. The Morgan fingerprint density at radius 1 is 0.357 bits per heavy atom. The Morgan fingerprint density at radius 3 is 0.607 bits per heavy atom. The molecule has 168 valence electrons. The normalized spacial score (nSPS) is 18.6. The second-order valence-electron chi connectivity index (χ2n) is 5.14. The van der Waals surface area contributed by atoms with Gasteiger partial charge >= 0.3 is 36.3 Å². The predicted octanol–water partition coefficient (Wildman–Crippen LogP) is 5.71. The first-order valence-corrected chi connectivity index (χ1v) is 6.11. The van der Waals surface area contributed by atoms with Gasteiger partial charge in [-0.3, -0.25) is 0 Å². The van der Waals surface area contributed by atoms with E-state index in [4.69, 9.17) is 0 Å². The molecule has 0 N–H and O–H groups in total. The zero-order valence-electron chi connectivity index (χ0n) is 12.1. The topological polar surface area (TPSA) is 0 Å². The molecule has 0 saturated heterocycles. The van der Waals surface area contributed by atoms with Crippen LogP contribution in [0, 0.1) is 0 Å². The minimum Gasteiger partial charge on any atom is -0.250 e. The van der Waals surface area contributed by atoms with Crippen LogP contribution in [0.1, 0.15) is 0 Å². The lowest BCUT2D eigenvalue weighted by Gasteiger charge is -2.36. The average molecular weight is 464 g/mol. The summed E-state index contributed by atoms with van der Waals surface area (Å²) in [7, 11) is 0. The van der Waals surface area contributed by atoms with Gasteiger partial charge in [-0.15, -0.1) is 0 Å². The fourth-order valence-corrected chi connectivity index (χ4v) is 1.64. The van der Waals surface area contributed by atoms with Crippen LogP contribution in [0.25, 0.3) is 0 Å². The third kappa shape index (κ3) is 4.51. The van der Waals surface area contributed by atoms with Gasteiger partial charge in [0.2, 0.25) is 0 Å². The Morgan fingerprint density at radius 2 is 0.500 bits per heavy atom. The van der Waals surface area contributed by atoms with E-state index in [9.17, 15) is 79.0 Å². The fraction of sp³-hybridized carbons (Fsp3) is 1.00. The van der Waals surface area contributed by atoms with Crippen LogP contribution in [-0.2, 0) is 0 Å². The molecule has 0 radical (unpaired) electrons. The minimum atomic E-state index is -7.31. The van der Waals surface area contributed by atoms with Gasteiger partial charge in [0.05, 0.1) is 0 Å². The largest absolute Gasteiger partial charge is 0.455 e. The fourth-order valence-electron chi connectivity index (χ4n) is 1.64. The van der Waals surface area contributed by atoms with Gasteiger partial charge in [-0.1, -0.05) is 0 Å². The van der Waals surface area contributed by atoms with E-state index in [-0.39, 0.29) is 0 Å². The zero-order valence-corrected chi connectivity index (χ0v) is 12.1. The molecule has 0 aliphatic carbocycles. The Balaban J connectivity index is 6.59. The zero-order chi connectivity index (χ0) is 23.3. The first-order chi connectivity index (χ1) is 11.8. The van der Waals surface area contributed by atoms with Crippen LogP contribution in [0.15, 0.2) is 0 Å². The highest BCUT2D eigenvalue weighted by Gasteiger charge is 2.78. The highest BCUT2D eigenvalue weighted by molar-refractivity contribution is 6.64. The Kier molecular flexibility index (Phi) is 6.94. The molecule has 0 aromatic carbocycles. The van der Waals surface area contributed by atoms with Crippen molar-refractivity contribution in [2.75, 3.05) is 0 Å². The van der Waals surface area contributed by atoms with Crippen molar-refractivity contribution in [1.82, 2.24) is 0 Å². The lowest BCUT2D eigenvalue weighted by atomic mass is 9.36. The maximum absolute atomic E-state index is 13.3. The summed E-state index contributed by atoms with van der Waals surface area (Å²) in [6.07, 6.45) is -40.0. The number of alkyl halides is 18. The van der Waals surface area contributed by atoms with Crippen molar-refractivity contribution >= 4 is 6.71 Å². The van der Waals surface area contributed by atoms with Gasteiger partial charge in [0, 0.05) is 0 Å². The molecule has 0 saturated carbocycles. The van der Waals surface area contributed by atoms with Crippen LogP contribution in [0.3, 0.4) is 0 Å². The summed E-state index contributed by atoms with van der Waals surface area (Å²) < 4.78 is 224. The van der Waals surface area contributed by atoms with Crippen LogP contribution >= 0.6 is 0 Å². The minimum absolute atomic E-state index is 5.75. The second kappa shape index (κ2) is 7.25. The van der Waals surface area contributed by atoms with Crippen LogP contribution in [-0.4, -0.2) is 61.2 Å². The smallest absolute Gasteiger partial charge is 0.250 e. The summed E-state index contributed by atoms with van der Waals surface area (Å²) in [5.41, 5.74) is 0. The van der Waals surface area contributed by atoms with Crippen LogP contribution in [0.2, 0.25) is 0 Å². The van der Waals surface area contributed by atoms with Gasteiger partial charge in [0.15, 0.2) is 18.2 Å². The SMILES string of the molecule is FC(B(C(F)C(F)(F)C(F)(F)F)C(F)C(F)(F)C(F)(F)F)C(F)(F)C(F)(F)F. The summed E-state index contributed by atoms with van der Waals surface area (Å²) in [5.74, 6) is -21.8. The third-order valence-electron chi connectivity index (χ3n) is 3.19. The molecule has 19 heteroatoms. The van der Waals surface area contributed by atoms with Crippen molar-refractivity contribution in [3.63, 3.8) is 0 Å². The Hall–Kier alpha value is -1.20. The maximum atomic E-state index is 13.3. The van der Waals surface area contributed by atoms with Crippen molar-refractivity contribution in [3.05, 3.63) is 0 Å². The Labute approximate surface area is 141 Å². The standard InChI is InChI=1S/C9H3BF18/c11-1(4(14,15)7(20,21)22)10(2(12)5(16,17)8(23,24)25)3(13)6(18,19)9(26,27)28/h1-3H. The third-order valence-corrected chi connectivity index (χ3v) is 3.19. The van der Waals surface area contributed by atoms with Crippen molar-refractivity contribution < 1.29 is 79.0 Å². The highest BCUT2D eigenvalue weighted by atomic mass is 19.4. The summed E-state index contributed by atoms with van der Waals surface area (Å²) >= 11 is 0. The summed E-state index contributed by atoms with van der Waals surface area (Å²) in [5, 5.41) is 0. The molecule has 0 spiro atoms. The molecule has 0 rings (SSSR count). The van der Waals surface area contributed by atoms with E-state index in [0.717, 1.165) is 0 Å². The number of halogens is 18. The summed E-state index contributed by atoms with van der Waals surface area (Å²) in [4.78, 5) is 0. The van der Waals surface area contributed by atoms with E-state index in [1.165, 1.54) is 0 Å². The lowest BCUT2D eigenvalue weighted by Crippen LogP contribution is -2.68. The molecule has 28 heavy (non-hydrogen) atoms. The highest BCUT2D eigenvalue weighted by Crippen LogP contribution is 2.49. The second-order valence-corrected chi connectivity index (χ2v) is 5.14. The summed E-state index contributed by atoms with van der Waals surface area (Å²) in [6.45, 7) is -5.75. The maximum Gasteiger partial charge on any atom is 0.455 e. The molecule has 0 aromatic rings. The molecule has 0 aliphatic heterocycles. The van der Waals surface area contributed by atoms with E-state index in [1.807, 2.05) is 0 Å². The van der Waals surface area contributed by atoms with E-state index < -0.39 is 61.2 Å². The van der Waals surface area contributed by atoms with Gasteiger partial charge in [0.1, 0.15) is 0 Å². The van der Waals surface area contributed by atoms with Crippen LogP contribution in [0.4, 0.5) is 79.0 Å². The molecule has 0 heterocycles. The molecule has 3 unspecified atom stereocenters.